The smallest absolute Gasteiger partial charge is 0.354 e. The van der Waals surface area contributed by atoms with Crippen LogP contribution in [-0.4, -0.2) is 29.1 Å². The highest BCUT2D eigenvalue weighted by Crippen LogP contribution is 2.25. The van der Waals surface area contributed by atoms with Crippen LogP contribution in [-0.2, 0) is 0 Å². The number of carboxylic acids is 1. The van der Waals surface area contributed by atoms with Gasteiger partial charge in [-0.2, -0.15) is 0 Å². The first-order chi connectivity index (χ1) is 7.70. The van der Waals surface area contributed by atoms with Crippen molar-refractivity contribution in [3.63, 3.8) is 0 Å². The Hall–Kier alpha value is -1.58. The van der Waals surface area contributed by atoms with E-state index in [4.69, 9.17) is 5.11 Å². The lowest BCUT2D eigenvalue weighted by Gasteiger charge is -2.18. The van der Waals surface area contributed by atoms with E-state index in [-0.39, 0.29) is 5.69 Å². The van der Waals surface area contributed by atoms with Gasteiger partial charge in [0.15, 0.2) is 0 Å². The fourth-order valence-electron chi connectivity index (χ4n) is 2.13. The van der Waals surface area contributed by atoms with Crippen molar-refractivity contribution in [3.8, 4) is 0 Å². The van der Waals surface area contributed by atoms with Crippen LogP contribution in [0.5, 0.6) is 0 Å². The van der Waals surface area contributed by atoms with Crippen molar-refractivity contribution in [2.75, 3.05) is 18.0 Å². The lowest BCUT2D eigenvalue weighted by atomic mass is 10.1. The van der Waals surface area contributed by atoms with E-state index in [2.05, 4.69) is 16.8 Å². The average molecular weight is 220 g/mol. The maximum Gasteiger partial charge on any atom is 0.354 e. The van der Waals surface area contributed by atoms with Gasteiger partial charge in [0.25, 0.3) is 0 Å². The third kappa shape index (κ3) is 2.15. The van der Waals surface area contributed by atoms with Crippen LogP contribution in [0, 0.1) is 5.92 Å². The Balaban J connectivity index is 2.15. The maximum absolute atomic E-state index is 10.8. The van der Waals surface area contributed by atoms with Gasteiger partial charge in [0, 0.05) is 25.0 Å². The summed E-state index contributed by atoms with van der Waals surface area (Å²) in [5.74, 6) is -0.227. The summed E-state index contributed by atoms with van der Waals surface area (Å²) in [6, 6.07) is 3.53. The Kier molecular flexibility index (Phi) is 3.08. The molecule has 0 aliphatic carbocycles. The molecule has 2 heterocycles. The molecule has 0 radical (unpaired) electrons. The number of aromatic carboxylic acids is 1. The second-order valence-corrected chi connectivity index (χ2v) is 4.21. The number of nitrogens with zero attached hydrogens (tertiary/aromatic N) is 2. The van der Waals surface area contributed by atoms with E-state index < -0.39 is 5.97 Å². The Labute approximate surface area is 94.9 Å². The Morgan fingerprint density at radius 3 is 3.12 bits per heavy atom. The van der Waals surface area contributed by atoms with Crippen molar-refractivity contribution in [2.45, 2.75) is 19.8 Å². The van der Waals surface area contributed by atoms with E-state index in [0.717, 1.165) is 24.7 Å². The molecule has 4 heteroatoms. The molecular formula is C12H16N2O2. The van der Waals surface area contributed by atoms with Gasteiger partial charge in [-0.3, -0.25) is 0 Å². The molecule has 2 rings (SSSR count). The molecule has 4 nitrogen and oxygen atoms in total. The molecule has 1 atom stereocenters. The van der Waals surface area contributed by atoms with E-state index >= 15 is 0 Å². The van der Waals surface area contributed by atoms with E-state index in [9.17, 15) is 4.79 Å². The molecule has 1 unspecified atom stereocenters. The van der Waals surface area contributed by atoms with Crippen LogP contribution < -0.4 is 4.90 Å². The summed E-state index contributed by atoms with van der Waals surface area (Å²) in [6.45, 7) is 4.24. The van der Waals surface area contributed by atoms with Crippen LogP contribution >= 0.6 is 0 Å². The van der Waals surface area contributed by atoms with Crippen LogP contribution in [0.3, 0.4) is 0 Å². The van der Waals surface area contributed by atoms with Crippen LogP contribution in [0.25, 0.3) is 0 Å². The zero-order valence-electron chi connectivity index (χ0n) is 9.39. The minimum atomic E-state index is -0.965. The second kappa shape index (κ2) is 4.51. The molecule has 1 N–H and O–H groups in total. The molecule has 1 aromatic heterocycles. The zero-order valence-corrected chi connectivity index (χ0v) is 9.39. The first kappa shape index (κ1) is 10.9. The van der Waals surface area contributed by atoms with Gasteiger partial charge in [-0.05, 0) is 24.5 Å². The van der Waals surface area contributed by atoms with Gasteiger partial charge in [0.05, 0.1) is 0 Å². The number of aromatic nitrogens is 1. The standard InChI is InChI=1S/C12H16N2O2/c1-2-9-4-6-14(8-9)10-3-5-13-11(7-10)12(15)16/h3,5,7,9H,2,4,6,8H2,1H3,(H,15,16). The summed E-state index contributed by atoms with van der Waals surface area (Å²) >= 11 is 0. The molecule has 1 aliphatic rings. The van der Waals surface area contributed by atoms with Crippen LogP contribution in [0.4, 0.5) is 5.69 Å². The molecule has 1 aliphatic heterocycles. The number of hydrogen-bond acceptors (Lipinski definition) is 3. The number of hydrogen-bond donors (Lipinski definition) is 1. The van der Waals surface area contributed by atoms with Gasteiger partial charge < -0.3 is 10.0 Å². The zero-order chi connectivity index (χ0) is 11.5. The van der Waals surface area contributed by atoms with E-state index in [1.165, 1.54) is 12.8 Å². The molecule has 16 heavy (non-hydrogen) atoms. The van der Waals surface area contributed by atoms with E-state index in [0.29, 0.717) is 0 Å². The van der Waals surface area contributed by atoms with Gasteiger partial charge >= 0.3 is 5.97 Å². The van der Waals surface area contributed by atoms with E-state index in [1.54, 1.807) is 12.3 Å². The van der Waals surface area contributed by atoms with Crippen molar-refractivity contribution in [2.24, 2.45) is 5.92 Å². The maximum atomic E-state index is 10.8. The van der Waals surface area contributed by atoms with Crippen molar-refractivity contribution in [1.29, 1.82) is 0 Å². The second-order valence-electron chi connectivity index (χ2n) is 4.21. The SMILES string of the molecule is CCC1CCN(c2ccnc(C(=O)O)c2)C1. The largest absolute Gasteiger partial charge is 0.477 e. The average Bonchev–Trinajstić information content (AvgIpc) is 2.77. The van der Waals surface area contributed by atoms with Crippen LogP contribution in [0.2, 0.25) is 0 Å². The molecular weight excluding hydrogens is 204 g/mol. The molecule has 1 aromatic rings. The summed E-state index contributed by atoms with van der Waals surface area (Å²) in [6.07, 6.45) is 3.95. The number of carbonyl (C=O) groups is 1. The monoisotopic (exact) mass is 220 g/mol. The summed E-state index contributed by atoms with van der Waals surface area (Å²) in [4.78, 5) is 16.9. The summed E-state index contributed by atoms with van der Waals surface area (Å²) in [5.41, 5.74) is 1.10. The predicted molar refractivity (Wildman–Crippen MR) is 61.8 cm³/mol. The molecule has 0 aromatic carbocycles. The van der Waals surface area contributed by atoms with Gasteiger partial charge in [-0.15, -0.1) is 0 Å². The topological polar surface area (TPSA) is 53.4 Å². The number of pyridine rings is 1. The van der Waals surface area contributed by atoms with Gasteiger partial charge in [0.1, 0.15) is 5.69 Å². The van der Waals surface area contributed by atoms with Crippen molar-refractivity contribution in [3.05, 3.63) is 24.0 Å². The lowest BCUT2D eigenvalue weighted by Crippen LogP contribution is -2.20. The van der Waals surface area contributed by atoms with Gasteiger partial charge in [-0.1, -0.05) is 13.3 Å². The number of carboxylic acid groups (broad SMARTS) is 1. The Morgan fingerprint density at radius 2 is 2.50 bits per heavy atom. The molecule has 0 saturated carbocycles. The van der Waals surface area contributed by atoms with Crippen molar-refractivity contribution >= 4 is 11.7 Å². The third-order valence-electron chi connectivity index (χ3n) is 3.19. The highest BCUT2D eigenvalue weighted by Gasteiger charge is 2.21. The normalized spacial score (nSPS) is 20.1. The predicted octanol–water partition coefficient (Wildman–Crippen LogP) is 2.02. The van der Waals surface area contributed by atoms with Gasteiger partial charge in [-0.25, -0.2) is 9.78 Å². The molecule has 1 fully saturated rings. The number of anilines is 1. The minimum absolute atomic E-state index is 0.123. The first-order valence-corrected chi connectivity index (χ1v) is 5.65. The summed E-state index contributed by atoms with van der Waals surface area (Å²) in [5, 5.41) is 8.87. The molecule has 0 spiro atoms. The van der Waals surface area contributed by atoms with Crippen molar-refractivity contribution < 1.29 is 9.90 Å². The molecule has 0 amide bonds. The fourth-order valence-corrected chi connectivity index (χ4v) is 2.13. The molecule has 1 saturated heterocycles. The summed E-state index contributed by atoms with van der Waals surface area (Å²) in [7, 11) is 0. The first-order valence-electron chi connectivity index (χ1n) is 5.65. The molecule has 0 bridgehead atoms. The summed E-state index contributed by atoms with van der Waals surface area (Å²) < 4.78 is 0. The van der Waals surface area contributed by atoms with Crippen LogP contribution in [0.15, 0.2) is 18.3 Å². The van der Waals surface area contributed by atoms with Crippen molar-refractivity contribution in [1.82, 2.24) is 4.98 Å². The Morgan fingerprint density at radius 1 is 1.69 bits per heavy atom. The lowest BCUT2D eigenvalue weighted by molar-refractivity contribution is 0.0690. The fraction of sp³-hybridized carbons (Fsp3) is 0.500. The van der Waals surface area contributed by atoms with Gasteiger partial charge in [0.2, 0.25) is 0 Å². The highest BCUT2D eigenvalue weighted by molar-refractivity contribution is 5.86. The minimum Gasteiger partial charge on any atom is -0.477 e. The third-order valence-corrected chi connectivity index (χ3v) is 3.19. The molecule has 86 valence electrons. The quantitative estimate of drug-likeness (QED) is 0.846. The Bertz CT molecular complexity index is 392. The highest BCUT2D eigenvalue weighted by atomic mass is 16.4. The number of rotatable bonds is 3. The van der Waals surface area contributed by atoms with E-state index in [1.807, 2.05) is 6.07 Å². The van der Waals surface area contributed by atoms with Crippen LogP contribution in [0.1, 0.15) is 30.3 Å².